The quantitative estimate of drug-likeness (QED) is 0.682. The van der Waals surface area contributed by atoms with E-state index in [0.29, 0.717) is 10.7 Å². The highest BCUT2D eigenvalue weighted by atomic mass is 35.5. The largest absolute Gasteiger partial charge is 0.350 e. The highest BCUT2D eigenvalue weighted by Crippen LogP contribution is 2.18. The van der Waals surface area contributed by atoms with Crippen LogP contribution in [0.15, 0.2) is 65.5 Å². The first kappa shape index (κ1) is 19.8. The van der Waals surface area contributed by atoms with Gasteiger partial charge in [-0.05, 0) is 42.8 Å². The van der Waals surface area contributed by atoms with Gasteiger partial charge in [0.25, 0.3) is 5.56 Å². The predicted molar refractivity (Wildman–Crippen MR) is 107 cm³/mol. The summed E-state index contributed by atoms with van der Waals surface area (Å²) in [6.07, 6.45) is 0.0997. The van der Waals surface area contributed by atoms with E-state index in [4.69, 9.17) is 11.6 Å². The molecule has 1 heterocycles. The SMILES string of the molecule is CC(NC(=O)CCn1nc(-c2ccc(Cl)cc2)ccc1=O)c1ccc(F)cc1. The predicted octanol–water partition coefficient (Wildman–Crippen LogP) is 3.97. The van der Waals surface area contributed by atoms with Gasteiger partial charge in [-0.15, -0.1) is 0 Å². The minimum absolute atomic E-state index is 0.0997. The van der Waals surface area contributed by atoms with Crippen LogP contribution in [-0.2, 0) is 11.3 Å². The topological polar surface area (TPSA) is 64.0 Å². The summed E-state index contributed by atoms with van der Waals surface area (Å²) >= 11 is 5.90. The third-order valence-corrected chi connectivity index (χ3v) is 4.56. The van der Waals surface area contributed by atoms with Gasteiger partial charge >= 0.3 is 0 Å². The van der Waals surface area contributed by atoms with E-state index < -0.39 is 0 Å². The van der Waals surface area contributed by atoms with E-state index in [1.54, 1.807) is 30.3 Å². The second-order valence-corrected chi connectivity index (χ2v) is 6.81. The van der Waals surface area contributed by atoms with Crippen LogP contribution in [-0.4, -0.2) is 15.7 Å². The molecule has 5 nitrogen and oxygen atoms in total. The highest BCUT2D eigenvalue weighted by molar-refractivity contribution is 6.30. The van der Waals surface area contributed by atoms with Crippen LogP contribution >= 0.6 is 11.6 Å². The molecule has 0 aliphatic carbocycles. The Kier molecular flexibility index (Phi) is 6.21. The number of aromatic nitrogens is 2. The Bertz CT molecular complexity index is 1020. The molecule has 3 aromatic rings. The number of nitrogens with zero attached hydrogens (tertiary/aromatic N) is 2. The van der Waals surface area contributed by atoms with Gasteiger partial charge in [0, 0.05) is 23.1 Å². The number of aryl methyl sites for hydroxylation is 1. The normalized spacial score (nSPS) is 11.8. The Morgan fingerprint density at radius 1 is 1.11 bits per heavy atom. The van der Waals surface area contributed by atoms with Gasteiger partial charge < -0.3 is 5.32 Å². The maximum Gasteiger partial charge on any atom is 0.266 e. The van der Waals surface area contributed by atoms with Crippen LogP contribution in [0.2, 0.25) is 5.02 Å². The van der Waals surface area contributed by atoms with E-state index in [1.807, 2.05) is 19.1 Å². The molecule has 0 bridgehead atoms. The number of carbonyl (C=O) groups excluding carboxylic acids is 1. The van der Waals surface area contributed by atoms with E-state index in [2.05, 4.69) is 10.4 Å². The maximum absolute atomic E-state index is 13.0. The summed E-state index contributed by atoms with van der Waals surface area (Å²) < 4.78 is 14.3. The summed E-state index contributed by atoms with van der Waals surface area (Å²) in [5.41, 5.74) is 1.97. The molecular weight excluding hydrogens is 381 g/mol. The number of benzene rings is 2. The average molecular weight is 400 g/mol. The Morgan fingerprint density at radius 3 is 2.46 bits per heavy atom. The third-order valence-electron chi connectivity index (χ3n) is 4.30. The molecule has 0 aliphatic heterocycles. The Balaban J connectivity index is 1.64. The second kappa shape index (κ2) is 8.80. The second-order valence-electron chi connectivity index (χ2n) is 6.38. The fourth-order valence-corrected chi connectivity index (χ4v) is 2.87. The van der Waals surface area contributed by atoms with Crippen molar-refractivity contribution in [1.29, 1.82) is 0 Å². The molecule has 0 aliphatic rings. The first-order valence-electron chi connectivity index (χ1n) is 8.81. The number of hydrogen-bond acceptors (Lipinski definition) is 3. The van der Waals surface area contributed by atoms with Crippen LogP contribution in [0.25, 0.3) is 11.3 Å². The molecule has 1 N–H and O–H groups in total. The zero-order valence-electron chi connectivity index (χ0n) is 15.2. The van der Waals surface area contributed by atoms with Crippen LogP contribution in [0.1, 0.15) is 24.9 Å². The van der Waals surface area contributed by atoms with E-state index in [9.17, 15) is 14.0 Å². The molecule has 7 heteroatoms. The molecule has 1 unspecified atom stereocenters. The zero-order chi connectivity index (χ0) is 20.1. The maximum atomic E-state index is 13.0. The van der Waals surface area contributed by atoms with Gasteiger partial charge in [-0.1, -0.05) is 35.9 Å². The van der Waals surface area contributed by atoms with Gasteiger partial charge in [0.15, 0.2) is 0 Å². The molecule has 3 rings (SSSR count). The fraction of sp³-hybridized carbons (Fsp3) is 0.190. The van der Waals surface area contributed by atoms with Crippen LogP contribution in [0.4, 0.5) is 4.39 Å². The third kappa shape index (κ3) is 5.04. The van der Waals surface area contributed by atoms with Gasteiger partial charge in [-0.2, -0.15) is 5.10 Å². The molecular formula is C21H19ClFN3O2. The smallest absolute Gasteiger partial charge is 0.266 e. The van der Waals surface area contributed by atoms with E-state index in [1.165, 1.54) is 22.9 Å². The summed E-state index contributed by atoms with van der Waals surface area (Å²) in [6, 6.07) is 15.9. The van der Waals surface area contributed by atoms with Gasteiger partial charge in [0.05, 0.1) is 18.3 Å². The zero-order valence-corrected chi connectivity index (χ0v) is 16.0. The lowest BCUT2D eigenvalue weighted by molar-refractivity contribution is -0.122. The van der Waals surface area contributed by atoms with E-state index in [-0.39, 0.29) is 36.3 Å². The van der Waals surface area contributed by atoms with Crippen LogP contribution in [0, 0.1) is 5.82 Å². The van der Waals surface area contributed by atoms with Crippen molar-refractivity contribution in [2.75, 3.05) is 0 Å². The Hall–Kier alpha value is -2.99. The summed E-state index contributed by atoms with van der Waals surface area (Å²) in [4.78, 5) is 24.3. The molecule has 0 saturated carbocycles. The molecule has 1 amide bonds. The standard InChI is InChI=1S/C21H19ClFN3O2/c1-14(15-4-8-18(23)9-5-15)24-20(27)12-13-26-21(28)11-10-19(25-26)16-2-6-17(22)7-3-16/h2-11,14H,12-13H2,1H3,(H,24,27). The first-order chi connectivity index (χ1) is 13.4. The molecule has 0 fully saturated rings. The lowest BCUT2D eigenvalue weighted by Crippen LogP contribution is -2.30. The molecule has 28 heavy (non-hydrogen) atoms. The van der Waals surface area contributed by atoms with E-state index >= 15 is 0 Å². The van der Waals surface area contributed by atoms with Gasteiger partial charge in [-0.3, -0.25) is 9.59 Å². The van der Waals surface area contributed by atoms with Crippen molar-refractivity contribution in [3.63, 3.8) is 0 Å². The van der Waals surface area contributed by atoms with Crippen molar-refractivity contribution in [3.8, 4) is 11.3 Å². The molecule has 1 aromatic heterocycles. The van der Waals surface area contributed by atoms with Crippen LogP contribution < -0.4 is 10.9 Å². The molecule has 0 radical (unpaired) electrons. The lowest BCUT2D eigenvalue weighted by atomic mass is 10.1. The molecule has 2 aromatic carbocycles. The Morgan fingerprint density at radius 2 is 1.79 bits per heavy atom. The van der Waals surface area contributed by atoms with Crippen LogP contribution in [0.3, 0.4) is 0 Å². The number of amides is 1. The number of nitrogens with one attached hydrogen (secondary N) is 1. The van der Waals surface area contributed by atoms with Crippen molar-refractivity contribution >= 4 is 17.5 Å². The lowest BCUT2D eigenvalue weighted by Gasteiger charge is -2.14. The summed E-state index contributed by atoms with van der Waals surface area (Å²) in [7, 11) is 0. The summed E-state index contributed by atoms with van der Waals surface area (Å²) in [6.45, 7) is 1.97. The first-order valence-corrected chi connectivity index (χ1v) is 9.19. The number of hydrogen-bond donors (Lipinski definition) is 1. The fourth-order valence-electron chi connectivity index (χ4n) is 2.74. The van der Waals surface area contributed by atoms with Gasteiger partial charge in [0.2, 0.25) is 5.91 Å². The van der Waals surface area contributed by atoms with Crippen molar-refractivity contribution in [1.82, 2.24) is 15.1 Å². The Labute approximate surface area is 166 Å². The van der Waals surface area contributed by atoms with E-state index in [0.717, 1.165) is 11.1 Å². The van der Waals surface area contributed by atoms with Crippen molar-refractivity contribution < 1.29 is 9.18 Å². The van der Waals surface area contributed by atoms with Gasteiger partial charge in [-0.25, -0.2) is 9.07 Å². The average Bonchev–Trinajstić information content (AvgIpc) is 2.68. The van der Waals surface area contributed by atoms with Gasteiger partial charge in [0.1, 0.15) is 5.82 Å². The molecule has 144 valence electrons. The van der Waals surface area contributed by atoms with Crippen molar-refractivity contribution in [2.24, 2.45) is 0 Å². The highest BCUT2D eigenvalue weighted by Gasteiger charge is 2.11. The molecule has 0 saturated heterocycles. The monoisotopic (exact) mass is 399 g/mol. The van der Waals surface area contributed by atoms with Crippen molar-refractivity contribution in [2.45, 2.75) is 25.9 Å². The summed E-state index contributed by atoms with van der Waals surface area (Å²) in [5.74, 6) is -0.546. The number of halogens is 2. The van der Waals surface area contributed by atoms with Crippen LogP contribution in [0.5, 0.6) is 0 Å². The number of carbonyl (C=O) groups is 1. The minimum Gasteiger partial charge on any atom is -0.350 e. The van der Waals surface area contributed by atoms with Crippen molar-refractivity contribution in [3.05, 3.63) is 87.4 Å². The molecule has 0 spiro atoms. The summed E-state index contributed by atoms with van der Waals surface area (Å²) in [5, 5.41) is 7.78. The molecule has 1 atom stereocenters. The minimum atomic E-state index is -0.326. The number of rotatable bonds is 6.